The summed E-state index contributed by atoms with van der Waals surface area (Å²) >= 11 is 3.07. The van der Waals surface area contributed by atoms with Gasteiger partial charge >= 0.3 is 5.97 Å². The first-order valence-corrected chi connectivity index (χ1v) is 6.74. The van der Waals surface area contributed by atoms with E-state index >= 15 is 0 Å². The molecule has 0 aliphatic heterocycles. The number of hydrogen-bond donors (Lipinski definition) is 1. The van der Waals surface area contributed by atoms with Gasteiger partial charge in [0, 0.05) is 5.69 Å². The van der Waals surface area contributed by atoms with Gasteiger partial charge in [-0.05, 0) is 52.3 Å². The Morgan fingerprint density at radius 2 is 1.90 bits per heavy atom. The number of ether oxygens (including phenoxy) is 2. The zero-order valence-electron chi connectivity index (χ0n) is 11.1. The fourth-order valence-corrected chi connectivity index (χ4v) is 1.80. The van der Waals surface area contributed by atoms with Crippen LogP contribution < -0.4 is 10.1 Å². The van der Waals surface area contributed by atoms with E-state index in [1.807, 2.05) is 0 Å². The molecule has 0 aliphatic rings. The van der Waals surface area contributed by atoms with Crippen molar-refractivity contribution in [2.24, 2.45) is 0 Å². The number of carbonyl (C=O) groups excluding carboxylic acids is 2. The van der Waals surface area contributed by atoms with Crippen molar-refractivity contribution in [1.29, 1.82) is 0 Å². The molecule has 0 saturated heterocycles. The van der Waals surface area contributed by atoms with Crippen molar-refractivity contribution in [3.63, 3.8) is 0 Å². The van der Waals surface area contributed by atoms with Gasteiger partial charge in [0.1, 0.15) is 5.75 Å². The van der Waals surface area contributed by atoms with Crippen LogP contribution >= 0.6 is 15.9 Å². The second kappa shape index (κ2) is 6.94. The maximum Gasteiger partial charge on any atom is 0.374 e. The zero-order chi connectivity index (χ0) is 15.2. The SMILES string of the molecule is COc1ccc(NC(=O)COC(=O)c2ccc(Br)o2)cc1. The van der Waals surface area contributed by atoms with E-state index in [1.165, 1.54) is 6.07 Å². The molecule has 0 aliphatic carbocycles. The van der Waals surface area contributed by atoms with Crippen LogP contribution in [0.3, 0.4) is 0 Å². The molecule has 21 heavy (non-hydrogen) atoms. The van der Waals surface area contributed by atoms with Gasteiger partial charge in [-0.25, -0.2) is 4.79 Å². The van der Waals surface area contributed by atoms with Crippen LogP contribution in [0.5, 0.6) is 5.75 Å². The summed E-state index contributed by atoms with van der Waals surface area (Å²) in [6.07, 6.45) is 0. The quantitative estimate of drug-likeness (QED) is 0.836. The first kappa shape index (κ1) is 15.1. The summed E-state index contributed by atoms with van der Waals surface area (Å²) in [6, 6.07) is 9.80. The van der Waals surface area contributed by atoms with Crippen molar-refractivity contribution in [2.75, 3.05) is 19.0 Å². The highest BCUT2D eigenvalue weighted by Crippen LogP contribution is 2.16. The Morgan fingerprint density at radius 1 is 1.19 bits per heavy atom. The standard InChI is InChI=1S/C14H12BrNO5/c1-19-10-4-2-9(3-5-10)16-13(17)8-20-14(18)11-6-7-12(15)21-11/h2-7H,8H2,1H3,(H,16,17). The van der Waals surface area contributed by atoms with Gasteiger partial charge < -0.3 is 19.2 Å². The molecule has 2 rings (SSSR count). The molecule has 2 aromatic rings. The number of halogens is 1. The highest BCUT2D eigenvalue weighted by Gasteiger charge is 2.14. The number of hydrogen-bond acceptors (Lipinski definition) is 5. The molecule has 0 radical (unpaired) electrons. The van der Waals surface area contributed by atoms with Crippen LogP contribution in [0.25, 0.3) is 0 Å². The normalized spacial score (nSPS) is 10.0. The van der Waals surface area contributed by atoms with Crippen molar-refractivity contribution >= 4 is 33.5 Å². The molecule has 1 aromatic carbocycles. The number of anilines is 1. The Labute approximate surface area is 129 Å². The number of amides is 1. The number of rotatable bonds is 5. The third kappa shape index (κ3) is 4.35. The molecule has 7 heteroatoms. The molecule has 0 spiro atoms. The smallest absolute Gasteiger partial charge is 0.374 e. The zero-order valence-corrected chi connectivity index (χ0v) is 12.7. The average molecular weight is 354 g/mol. The maximum absolute atomic E-state index is 11.6. The second-order valence-electron chi connectivity index (χ2n) is 3.96. The number of carbonyl (C=O) groups is 2. The second-order valence-corrected chi connectivity index (χ2v) is 4.74. The number of furan rings is 1. The Bertz CT molecular complexity index is 635. The van der Waals surface area contributed by atoms with Gasteiger partial charge in [0.05, 0.1) is 7.11 Å². The van der Waals surface area contributed by atoms with E-state index in [0.717, 1.165) is 0 Å². The largest absolute Gasteiger partial charge is 0.497 e. The Balaban J connectivity index is 1.82. The van der Waals surface area contributed by atoms with E-state index < -0.39 is 18.5 Å². The monoisotopic (exact) mass is 353 g/mol. The van der Waals surface area contributed by atoms with Gasteiger partial charge in [-0.1, -0.05) is 0 Å². The summed E-state index contributed by atoms with van der Waals surface area (Å²) in [5.74, 6) is -0.438. The lowest BCUT2D eigenvalue weighted by molar-refractivity contribution is -0.119. The van der Waals surface area contributed by atoms with E-state index in [4.69, 9.17) is 13.9 Å². The molecular weight excluding hydrogens is 342 g/mol. The molecule has 1 amide bonds. The molecule has 1 N–H and O–H groups in total. The van der Waals surface area contributed by atoms with Gasteiger partial charge in [0.25, 0.3) is 5.91 Å². The number of esters is 1. The molecule has 1 heterocycles. The molecule has 1 aromatic heterocycles. The molecule has 0 bridgehead atoms. The molecular formula is C14H12BrNO5. The summed E-state index contributed by atoms with van der Waals surface area (Å²) < 4.78 is 15.3. The minimum absolute atomic E-state index is 0.0270. The predicted octanol–water partition coefficient (Wildman–Crippen LogP) is 2.85. The lowest BCUT2D eigenvalue weighted by Gasteiger charge is -2.06. The van der Waals surface area contributed by atoms with Crippen LogP contribution in [0.1, 0.15) is 10.6 Å². The summed E-state index contributed by atoms with van der Waals surface area (Å²) in [6.45, 7) is -0.400. The van der Waals surface area contributed by atoms with E-state index in [0.29, 0.717) is 16.1 Å². The first-order valence-electron chi connectivity index (χ1n) is 5.95. The summed E-state index contributed by atoms with van der Waals surface area (Å²) in [5, 5.41) is 2.59. The van der Waals surface area contributed by atoms with Crippen LogP contribution in [0.4, 0.5) is 5.69 Å². The van der Waals surface area contributed by atoms with Crippen LogP contribution in [0.15, 0.2) is 45.5 Å². The lowest BCUT2D eigenvalue weighted by atomic mass is 10.3. The Hall–Kier alpha value is -2.28. The topological polar surface area (TPSA) is 77.8 Å². The van der Waals surface area contributed by atoms with Crippen molar-refractivity contribution in [3.05, 3.63) is 46.8 Å². The van der Waals surface area contributed by atoms with Crippen LogP contribution in [0, 0.1) is 0 Å². The highest BCUT2D eigenvalue weighted by atomic mass is 79.9. The van der Waals surface area contributed by atoms with Crippen LogP contribution in [0.2, 0.25) is 0 Å². The van der Waals surface area contributed by atoms with E-state index in [1.54, 1.807) is 37.4 Å². The first-order chi connectivity index (χ1) is 10.1. The van der Waals surface area contributed by atoms with Gasteiger partial charge in [-0.2, -0.15) is 0 Å². The molecule has 6 nitrogen and oxygen atoms in total. The average Bonchev–Trinajstić information content (AvgIpc) is 2.92. The number of methoxy groups -OCH3 is 1. The molecule has 0 saturated carbocycles. The molecule has 110 valence electrons. The third-order valence-corrected chi connectivity index (χ3v) is 2.91. The van der Waals surface area contributed by atoms with Crippen molar-refractivity contribution in [3.8, 4) is 5.75 Å². The third-order valence-electron chi connectivity index (χ3n) is 2.48. The fourth-order valence-electron chi connectivity index (χ4n) is 1.50. The van der Waals surface area contributed by atoms with Crippen molar-refractivity contribution < 1.29 is 23.5 Å². The lowest BCUT2D eigenvalue weighted by Crippen LogP contribution is -2.20. The molecule has 0 atom stereocenters. The summed E-state index contributed by atoms with van der Waals surface area (Å²) in [5.41, 5.74) is 0.581. The van der Waals surface area contributed by atoms with Gasteiger partial charge in [0.15, 0.2) is 11.3 Å². The number of benzene rings is 1. The highest BCUT2D eigenvalue weighted by molar-refractivity contribution is 9.10. The molecule has 0 unspecified atom stereocenters. The van der Waals surface area contributed by atoms with Crippen molar-refractivity contribution in [2.45, 2.75) is 0 Å². The minimum Gasteiger partial charge on any atom is -0.497 e. The fraction of sp³-hybridized carbons (Fsp3) is 0.143. The Kier molecular flexibility index (Phi) is 4.99. The van der Waals surface area contributed by atoms with E-state index in [-0.39, 0.29) is 5.76 Å². The summed E-state index contributed by atoms with van der Waals surface area (Å²) in [4.78, 5) is 23.2. The van der Waals surface area contributed by atoms with E-state index in [2.05, 4.69) is 21.2 Å². The molecule has 0 fully saturated rings. The van der Waals surface area contributed by atoms with Gasteiger partial charge in [-0.15, -0.1) is 0 Å². The maximum atomic E-state index is 11.6. The van der Waals surface area contributed by atoms with E-state index in [9.17, 15) is 9.59 Å². The number of nitrogens with one attached hydrogen (secondary N) is 1. The van der Waals surface area contributed by atoms with Gasteiger partial charge in [0.2, 0.25) is 5.76 Å². The van der Waals surface area contributed by atoms with Crippen LogP contribution in [-0.4, -0.2) is 25.6 Å². The van der Waals surface area contributed by atoms with Gasteiger partial charge in [-0.3, -0.25) is 4.79 Å². The summed E-state index contributed by atoms with van der Waals surface area (Å²) in [7, 11) is 1.56. The predicted molar refractivity (Wildman–Crippen MR) is 78.3 cm³/mol. The van der Waals surface area contributed by atoms with Crippen LogP contribution in [-0.2, 0) is 9.53 Å². The van der Waals surface area contributed by atoms with Crippen molar-refractivity contribution in [1.82, 2.24) is 0 Å². The Morgan fingerprint density at radius 3 is 2.48 bits per heavy atom. The minimum atomic E-state index is -0.703.